The summed E-state index contributed by atoms with van der Waals surface area (Å²) in [7, 11) is -2.84. The predicted molar refractivity (Wildman–Crippen MR) is 99.8 cm³/mol. The molecule has 3 rings (SSSR count). The Morgan fingerprint density at radius 3 is 2.23 bits per heavy atom. The summed E-state index contributed by atoms with van der Waals surface area (Å²) in [4.78, 5) is 12.2. The molecule has 3 aromatic rings. The van der Waals surface area contributed by atoms with E-state index >= 15 is 0 Å². The van der Waals surface area contributed by atoms with Crippen molar-refractivity contribution in [1.82, 2.24) is 5.06 Å². The normalized spacial score (nSPS) is 11.3. The van der Waals surface area contributed by atoms with Crippen molar-refractivity contribution < 1.29 is 18.4 Å². The van der Waals surface area contributed by atoms with Crippen molar-refractivity contribution >= 4 is 32.6 Å². The Morgan fingerprint density at radius 1 is 0.962 bits per heavy atom. The topological polar surface area (TPSA) is 74.7 Å². The van der Waals surface area contributed by atoms with Crippen LogP contribution in [0.2, 0.25) is 0 Å². The highest BCUT2D eigenvalue weighted by molar-refractivity contribution is 7.91. The van der Waals surface area contributed by atoms with E-state index in [1.165, 1.54) is 18.2 Å². The molecular formula is C20H17NO4S. The zero-order valence-corrected chi connectivity index (χ0v) is 14.9. The summed E-state index contributed by atoms with van der Waals surface area (Å²) < 4.78 is 26.6. The first-order valence-electron chi connectivity index (χ1n) is 7.83. The summed E-state index contributed by atoms with van der Waals surface area (Å²) in [5.74, 6) is -0.795. The third-order valence-corrected chi connectivity index (χ3v) is 6.00. The van der Waals surface area contributed by atoms with Crippen molar-refractivity contribution in [2.75, 3.05) is 7.05 Å². The molecule has 0 aliphatic carbocycles. The van der Waals surface area contributed by atoms with Crippen molar-refractivity contribution in [3.05, 3.63) is 78.4 Å². The van der Waals surface area contributed by atoms with Gasteiger partial charge in [-0.05, 0) is 29.1 Å². The lowest BCUT2D eigenvalue weighted by atomic mass is 10.0. The van der Waals surface area contributed by atoms with Crippen LogP contribution in [0.5, 0.6) is 0 Å². The number of sulfone groups is 1. The minimum Gasteiger partial charge on any atom is -0.286 e. The van der Waals surface area contributed by atoms with Gasteiger partial charge < -0.3 is 0 Å². The zero-order valence-electron chi connectivity index (χ0n) is 14.1. The molecule has 0 unspecified atom stereocenters. The molecule has 5 nitrogen and oxygen atoms in total. The Balaban J connectivity index is 2.31. The maximum Gasteiger partial charge on any atom is 0.278 e. The standard InChI is InChI=1S/C20H17NO4S/c1-3-14-12-13-19(16-9-5-4-8-15(14)16)26(24,25)18-11-7-6-10-17(18)20(22)21(2)23/h3-13,23H,1H2,2H3. The van der Waals surface area contributed by atoms with Gasteiger partial charge in [0.2, 0.25) is 9.84 Å². The maximum atomic E-state index is 13.3. The number of rotatable bonds is 4. The largest absolute Gasteiger partial charge is 0.286 e. The molecule has 6 heteroatoms. The minimum atomic E-state index is -3.99. The number of nitrogens with zero attached hydrogens (tertiary/aromatic N) is 1. The Hall–Kier alpha value is -2.96. The van der Waals surface area contributed by atoms with Crippen LogP contribution < -0.4 is 0 Å². The first-order chi connectivity index (χ1) is 12.4. The highest BCUT2D eigenvalue weighted by atomic mass is 32.2. The monoisotopic (exact) mass is 367 g/mol. The van der Waals surface area contributed by atoms with Gasteiger partial charge in [-0.3, -0.25) is 10.0 Å². The smallest absolute Gasteiger partial charge is 0.278 e. The van der Waals surface area contributed by atoms with E-state index < -0.39 is 15.7 Å². The molecule has 0 spiro atoms. The summed E-state index contributed by atoms with van der Waals surface area (Å²) in [5.41, 5.74) is 0.730. The SMILES string of the molecule is C=Cc1ccc(S(=O)(=O)c2ccccc2C(=O)N(C)O)c2ccccc12. The summed E-state index contributed by atoms with van der Waals surface area (Å²) >= 11 is 0. The summed E-state index contributed by atoms with van der Waals surface area (Å²) in [6.07, 6.45) is 1.66. The second-order valence-electron chi connectivity index (χ2n) is 5.73. The van der Waals surface area contributed by atoms with E-state index in [0.29, 0.717) is 10.4 Å². The average molecular weight is 367 g/mol. The van der Waals surface area contributed by atoms with Gasteiger partial charge in [-0.2, -0.15) is 0 Å². The second kappa shape index (κ2) is 6.74. The molecule has 0 aliphatic rings. The van der Waals surface area contributed by atoms with Gasteiger partial charge in [0.15, 0.2) is 0 Å². The van der Waals surface area contributed by atoms with Crippen molar-refractivity contribution in [3.63, 3.8) is 0 Å². The van der Waals surface area contributed by atoms with Crippen LogP contribution in [0.25, 0.3) is 16.8 Å². The molecule has 0 heterocycles. The molecule has 0 aromatic heterocycles. The number of amides is 1. The predicted octanol–water partition coefficient (Wildman–Crippen LogP) is 3.78. The van der Waals surface area contributed by atoms with Crippen LogP contribution in [0.3, 0.4) is 0 Å². The minimum absolute atomic E-state index is 0.0885. The van der Waals surface area contributed by atoms with Crippen LogP contribution in [-0.2, 0) is 9.84 Å². The van der Waals surface area contributed by atoms with Gasteiger partial charge in [0.25, 0.3) is 5.91 Å². The Bertz CT molecular complexity index is 1120. The second-order valence-corrected chi connectivity index (χ2v) is 7.62. The summed E-state index contributed by atoms with van der Waals surface area (Å²) in [6.45, 7) is 3.76. The molecular weight excluding hydrogens is 350 g/mol. The molecule has 0 radical (unpaired) electrons. The van der Waals surface area contributed by atoms with E-state index in [1.807, 2.05) is 12.1 Å². The van der Waals surface area contributed by atoms with Gasteiger partial charge in [0.1, 0.15) is 0 Å². The molecule has 1 amide bonds. The molecule has 3 aromatic carbocycles. The molecule has 0 saturated heterocycles. The number of hydrogen-bond donors (Lipinski definition) is 1. The Morgan fingerprint density at radius 2 is 1.58 bits per heavy atom. The van der Waals surface area contributed by atoms with Crippen LogP contribution in [0, 0.1) is 0 Å². The summed E-state index contributed by atoms with van der Waals surface area (Å²) in [5, 5.41) is 11.1. The van der Waals surface area contributed by atoms with Gasteiger partial charge in [0.05, 0.1) is 15.4 Å². The van der Waals surface area contributed by atoms with E-state index in [-0.39, 0.29) is 15.4 Å². The van der Waals surface area contributed by atoms with Crippen molar-refractivity contribution in [1.29, 1.82) is 0 Å². The Labute approximate surface area is 151 Å². The molecule has 0 saturated carbocycles. The molecule has 1 N–H and O–H groups in total. The maximum absolute atomic E-state index is 13.3. The van der Waals surface area contributed by atoms with E-state index in [1.54, 1.807) is 36.4 Å². The quantitative estimate of drug-likeness (QED) is 0.562. The van der Waals surface area contributed by atoms with E-state index in [9.17, 15) is 18.4 Å². The van der Waals surface area contributed by atoms with E-state index in [2.05, 4.69) is 6.58 Å². The van der Waals surface area contributed by atoms with Crippen molar-refractivity contribution in [2.45, 2.75) is 9.79 Å². The van der Waals surface area contributed by atoms with Gasteiger partial charge >= 0.3 is 0 Å². The van der Waals surface area contributed by atoms with E-state index in [4.69, 9.17) is 0 Å². The van der Waals surface area contributed by atoms with Crippen LogP contribution in [-0.4, -0.2) is 31.6 Å². The van der Waals surface area contributed by atoms with Crippen molar-refractivity contribution in [3.8, 4) is 0 Å². The van der Waals surface area contributed by atoms with Gasteiger partial charge in [-0.1, -0.05) is 55.1 Å². The molecule has 132 valence electrons. The van der Waals surface area contributed by atoms with Gasteiger partial charge in [-0.15, -0.1) is 0 Å². The van der Waals surface area contributed by atoms with Crippen molar-refractivity contribution in [2.24, 2.45) is 0 Å². The Kier molecular flexibility index (Phi) is 4.63. The number of hydroxylamine groups is 2. The molecule has 0 fully saturated rings. The number of carbonyl (C=O) groups is 1. The first-order valence-corrected chi connectivity index (χ1v) is 9.31. The number of fused-ring (bicyclic) bond motifs is 1. The molecule has 0 aliphatic heterocycles. The zero-order chi connectivity index (χ0) is 18.9. The average Bonchev–Trinajstić information content (AvgIpc) is 2.66. The van der Waals surface area contributed by atoms with Gasteiger partial charge in [0, 0.05) is 12.4 Å². The van der Waals surface area contributed by atoms with Crippen LogP contribution in [0.15, 0.2) is 77.0 Å². The molecule has 0 bridgehead atoms. The fourth-order valence-corrected chi connectivity index (χ4v) is 4.53. The fourth-order valence-electron chi connectivity index (χ4n) is 2.88. The highest BCUT2D eigenvalue weighted by Gasteiger charge is 2.27. The molecule has 26 heavy (non-hydrogen) atoms. The van der Waals surface area contributed by atoms with Crippen LogP contribution in [0.4, 0.5) is 0 Å². The van der Waals surface area contributed by atoms with Crippen LogP contribution in [0.1, 0.15) is 15.9 Å². The number of hydrogen-bond acceptors (Lipinski definition) is 4. The third-order valence-electron chi connectivity index (χ3n) is 4.13. The van der Waals surface area contributed by atoms with E-state index in [0.717, 1.165) is 18.0 Å². The lowest BCUT2D eigenvalue weighted by Gasteiger charge is -2.15. The number of carbonyl (C=O) groups excluding carboxylic acids is 1. The molecule has 0 atom stereocenters. The highest BCUT2D eigenvalue weighted by Crippen LogP contribution is 2.32. The number of benzene rings is 3. The lowest BCUT2D eigenvalue weighted by molar-refractivity contribution is -0.0377. The summed E-state index contributed by atoms with van der Waals surface area (Å²) in [6, 6.07) is 16.2. The van der Waals surface area contributed by atoms with Crippen LogP contribution >= 0.6 is 0 Å². The first kappa shape index (κ1) is 17.8. The fraction of sp³-hybridized carbons (Fsp3) is 0.0500. The lowest BCUT2D eigenvalue weighted by Crippen LogP contribution is -2.24. The third kappa shape index (κ3) is 2.89. The van der Waals surface area contributed by atoms with Gasteiger partial charge in [-0.25, -0.2) is 13.5 Å².